The highest BCUT2D eigenvalue weighted by molar-refractivity contribution is 6.33. The van der Waals surface area contributed by atoms with Gasteiger partial charge in [0, 0.05) is 6.54 Å². The molecule has 88 valence electrons. The molecule has 0 aliphatic carbocycles. The lowest BCUT2D eigenvalue weighted by molar-refractivity contribution is 0.663. The van der Waals surface area contributed by atoms with Crippen LogP contribution in [-0.4, -0.2) is 12.5 Å². The molecule has 0 radical (unpaired) electrons. The standard InChI is InChI=1S/C11H17ClN4/c1-8(2)7-14-11(16-13)15-10-6-4-3-5-9(10)12/h3-6,8H,7,13H2,1-2H3,(H2,14,15,16). The van der Waals surface area contributed by atoms with E-state index in [9.17, 15) is 0 Å². The first-order chi connectivity index (χ1) is 7.63. The maximum atomic E-state index is 6.00. The lowest BCUT2D eigenvalue weighted by Gasteiger charge is -2.11. The summed E-state index contributed by atoms with van der Waals surface area (Å²) < 4.78 is 0. The molecule has 0 aliphatic heterocycles. The molecule has 0 fully saturated rings. The second-order valence-corrected chi connectivity index (χ2v) is 4.24. The largest absolute Gasteiger partial charge is 0.324 e. The van der Waals surface area contributed by atoms with Crippen LogP contribution in [0.1, 0.15) is 13.8 Å². The lowest BCUT2D eigenvalue weighted by atomic mass is 10.2. The molecule has 0 unspecified atom stereocenters. The molecule has 0 aliphatic rings. The Balaban J connectivity index is 2.70. The second kappa shape index (κ2) is 6.35. The first-order valence-electron chi connectivity index (χ1n) is 5.16. The Labute approximate surface area is 101 Å². The molecule has 0 bridgehead atoms. The number of nitrogens with two attached hydrogens (primary N) is 1. The van der Waals surface area contributed by atoms with Crippen LogP contribution in [0.15, 0.2) is 29.3 Å². The van der Waals surface area contributed by atoms with Gasteiger partial charge in [0.25, 0.3) is 0 Å². The third-order valence-corrected chi connectivity index (χ3v) is 2.21. The van der Waals surface area contributed by atoms with Gasteiger partial charge in [-0.25, -0.2) is 5.84 Å². The third kappa shape index (κ3) is 4.08. The number of rotatable bonds is 3. The van der Waals surface area contributed by atoms with E-state index in [0.717, 1.165) is 5.69 Å². The van der Waals surface area contributed by atoms with E-state index < -0.39 is 0 Å². The van der Waals surface area contributed by atoms with E-state index in [0.29, 0.717) is 23.4 Å². The van der Waals surface area contributed by atoms with Crippen molar-refractivity contribution in [2.75, 3.05) is 11.9 Å². The number of hydrazine groups is 1. The predicted octanol–water partition coefficient (Wildman–Crippen LogP) is 2.23. The summed E-state index contributed by atoms with van der Waals surface area (Å²) in [6, 6.07) is 7.43. The van der Waals surface area contributed by atoms with Gasteiger partial charge >= 0.3 is 0 Å². The molecule has 5 heteroatoms. The monoisotopic (exact) mass is 240 g/mol. The van der Waals surface area contributed by atoms with Gasteiger partial charge in [0.2, 0.25) is 5.96 Å². The fourth-order valence-electron chi connectivity index (χ4n) is 1.09. The van der Waals surface area contributed by atoms with Gasteiger partial charge in [-0.2, -0.15) is 0 Å². The molecule has 0 aromatic heterocycles. The Bertz CT molecular complexity index is 363. The number of guanidine groups is 1. The van der Waals surface area contributed by atoms with Crippen LogP contribution < -0.4 is 16.6 Å². The Morgan fingerprint density at radius 3 is 2.69 bits per heavy atom. The van der Waals surface area contributed by atoms with E-state index in [4.69, 9.17) is 17.4 Å². The van der Waals surface area contributed by atoms with Crippen LogP contribution in [0, 0.1) is 5.92 Å². The van der Waals surface area contributed by atoms with Crippen LogP contribution in [-0.2, 0) is 0 Å². The summed E-state index contributed by atoms with van der Waals surface area (Å²) in [5.74, 6) is 6.37. The molecule has 0 saturated carbocycles. The van der Waals surface area contributed by atoms with Crippen molar-refractivity contribution in [2.45, 2.75) is 13.8 Å². The molecule has 16 heavy (non-hydrogen) atoms. The van der Waals surface area contributed by atoms with Crippen molar-refractivity contribution in [3.05, 3.63) is 29.3 Å². The van der Waals surface area contributed by atoms with Crippen LogP contribution in [0.25, 0.3) is 0 Å². The van der Waals surface area contributed by atoms with Gasteiger partial charge < -0.3 is 5.32 Å². The summed E-state index contributed by atoms with van der Waals surface area (Å²) in [7, 11) is 0. The smallest absolute Gasteiger partial charge is 0.210 e. The summed E-state index contributed by atoms with van der Waals surface area (Å²) in [6.07, 6.45) is 0. The minimum absolute atomic E-state index is 0.483. The van der Waals surface area contributed by atoms with Gasteiger partial charge in [-0.1, -0.05) is 37.6 Å². The molecule has 0 spiro atoms. The summed E-state index contributed by atoms with van der Waals surface area (Å²) in [5, 5.41) is 3.67. The molecule has 0 heterocycles. The average Bonchev–Trinajstić information content (AvgIpc) is 2.26. The molecule has 1 aromatic carbocycles. The van der Waals surface area contributed by atoms with Crippen molar-refractivity contribution in [3.8, 4) is 0 Å². The highest BCUT2D eigenvalue weighted by atomic mass is 35.5. The first-order valence-corrected chi connectivity index (χ1v) is 5.54. The number of hydrogen-bond donors (Lipinski definition) is 3. The van der Waals surface area contributed by atoms with E-state index in [2.05, 4.69) is 29.6 Å². The molecule has 1 rings (SSSR count). The van der Waals surface area contributed by atoms with Crippen LogP contribution in [0.2, 0.25) is 5.02 Å². The van der Waals surface area contributed by atoms with E-state index in [1.54, 1.807) is 6.07 Å². The second-order valence-electron chi connectivity index (χ2n) is 3.83. The molecular formula is C11H17ClN4. The number of hydrogen-bond acceptors (Lipinski definition) is 2. The normalized spacial score (nSPS) is 11.7. The molecule has 4 N–H and O–H groups in total. The number of para-hydroxylation sites is 1. The minimum atomic E-state index is 0.483. The fourth-order valence-corrected chi connectivity index (χ4v) is 1.27. The summed E-state index contributed by atoms with van der Waals surface area (Å²) >= 11 is 6.00. The van der Waals surface area contributed by atoms with Crippen molar-refractivity contribution < 1.29 is 0 Å². The molecule has 4 nitrogen and oxygen atoms in total. The van der Waals surface area contributed by atoms with Crippen molar-refractivity contribution in [2.24, 2.45) is 16.8 Å². The van der Waals surface area contributed by atoms with E-state index in [1.165, 1.54) is 0 Å². The molecule has 0 atom stereocenters. The van der Waals surface area contributed by atoms with Crippen LogP contribution >= 0.6 is 11.6 Å². The van der Waals surface area contributed by atoms with Crippen LogP contribution in [0.4, 0.5) is 5.69 Å². The Morgan fingerprint density at radius 1 is 1.44 bits per heavy atom. The number of anilines is 1. The zero-order valence-electron chi connectivity index (χ0n) is 9.50. The zero-order valence-corrected chi connectivity index (χ0v) is 10.3. The number of nitrogens with one attached hydrogen (secondary N) is 2. The van der Waals surface area contributed by atoms with Crippen LogP contribution in [0.5, 0.6) is 0 Å². The Hall–Kier alpha value is -1.26. The van der Waals surface area contributed by atoms with Crippen molar-refractivity contribution in [3.63, 3.8) is 0 Å². The zero-order chi connectivity index (χ0) is 12.0. The Morgan fingerprint density at radius 2 is 2.12 bits per heavy atom. The molecule has 0 amide bonds. The maximum absolute atomic E-state index is 6.00. The van der Waals surface area contributed by atoms with Crippen molar-refractivity contribution >= 4 is 23.2 Å². The predicted molar refractivity (Wildman–Crippen MR) is 69.5 cm³/mol. The van der Waals surface area contributed by atoms with Crippen LogP contribution in [0.3, 0.4) is 0 Å². The summed E-state index contributed by atoms with van der Waals surface area (Å²) in [6.45, 7) is 4.89. The van der Waals surface area contributed by atoms with Gasteiger partial charge in [0.15, 0.2) is 0 Å². The summed E-state index contributed by atoms with van der Waals surface area (Å²) in [4.78, 5) is 4.29. The van der Waals surface area contributed by atoms with Gasteiger partial charge in [0.1, 0.15) is 0 Å². The molecule has 1 aromatic rings. The first kappa shape index (κ1) is 12.8. The van der Waals surface area contributed by atoms with Crippen molar-refractivity contribution in [1.29, 1.82) is 0 Å². The quantitative estimate of drug-likeness (QED) is 0.329. The van der Waals surface area contributed by atoms with E-state index >= 15 is 0 Å². The van der Waals surface area contributed by atoms with Crippen molar-refractivity contribution in [1.82, 2.24) is 5.43 Å². The highest BCUT2D eigenvalue weighted by Gasteiger charge is 2.02. The number of halogens is 1. The highest BCUT2D eigenvalue weighted by Crippen LogP contribution is 2.19. The number of nitrogens with zero attached hydrogens (tertiary/aromatic N) is 1. The summed E-state index contributed by atoms with van der Waals surface area (Å²) in [5.41, 5.74) is 3.30. The topological polar surface area (TPSA) is 62.4 Å². The average molecular weight is 241 g/mol. The van der Waals surface area contributed by atoms with E-state index in [1.807, 2.05) is 18.2 Å². The minimum Gasteiger partial charge on any atom is -0.324 e. The molecular weight excluding hydrogens is 224 g/mol. The van der Waals surface area contributed by atoms with E-state index in [-0.39, 0.29) is 0 Å². The lowest BCUT2D eigenvalue weighted by Crippen LogP contribution is -2.36. The molecule has 0 saturated heterocycles. The Kier molecular flexibility index (Phi) is 5.08. The number of aliphatic imine (C=N–C) groups is 1. The maximum Gasteiger partial charge on any atom is 0.210 e. The van der Waals surface area contributed by atoms with Gasteiger partial charge in [-0.05, 0) is 18.1 Å². The fraction of sp³-hybridized carbons (Fsp3) is 0.364. The van der Waals surface area contributed by atoms with Gasteiger partial charge in [0.05, 0.1) is 10.7 Å². The number of benzene rings is 1. The SMILES string of the molecule is CC(C)CN=C(NN)Nc1ccccc1Cl. The van der Waals surface area contributed by atoms with Gasteiger partial charge in [-0.15, -0.1) is 0 Å². The third-order valence-electron chi connectivity index (χ3n) is 1.88. The van der Waals surface area contributed by atoms with Gasteiger partial charge in [-0.3, -0.25) is 10.4 Å².